The maximum Gasteiger partial charge on any atom is 0.0898 e. The van der Waals surface area contributed by atoms with Crippen molar-refractivity contribution in [3.63, 3.8) is 0 Å². The van der Waals surface area contributed by atoms with Crippen LogP contribution in [0.3, 0.4) is 0 Å². The zero-order valence-corrected chi connectivity index (χ0v) is 7.91. The maximum atomic E-state index is 9.64. The third-order valence-corrected chi connectivity index (χ3v) is 3.04. The van der Waals surface area contributed by atoms with E-state index in [9.17, 15) is 5.11 Å². The average molecular weight is 198 g/mol. The van der Waals surface area contributed by atoms with Gasteiger partial charge in [0.05, 0.1) is 11.5 Å². The molecule has 0 saturated heterocycles. The van der Waals surface area contributed by atoms with Crippen molar-refractivity contribution in [1.29, 1.82) is 0 Å². The Morgan fingerprint density at radius 2 is 2.08 bits per heavy atom. The second-order valence-electron chi connectivity index (χ2n) is 3.46. The average Bonchev–Trinajstić information content (AvgIpc) is 2.15. The molecular weight excluding hydrogens is 186 g/mol. The Morgan fingerprint density at radius 3 is 2.85 bits per heavy atom. The maximum absolute atomic E-state index is 9.64. The summed E-state index contributed by atoms with van der Waals surface area (Å²) in [4.78, 5) is 0. The Balaban J connectivity index is 2.43. The lowest BCUT2D eigenvalue weighted by molar-refractivity contribution is 0.132. The number of hydrogen-bond donors (Lipinski definition) is 2. The van der Waals surface area contributed by atoms with E-state index >= 15 is 0 Å². The van der Waals surface area contributed by atoms with Crippen LogP contribution < -0.4 is 5.73 Å². The molecule has 13 heavy (non-hydrogen) atoms. The van der Waals surface area contributed by atoms with Crippen LogP contribution in [0.2, 0.25) is 0 Å². The molecule has 0 aromatic heterocycles. The van der Waals surface area contributed by atoms with Crippen molar-refractivity contribution in [2.75, 3.05) is 0 Å². The number of aliphatic hydroxyl groups is 1. The van der Waals surface area contributed by atoms with Crippen molar-refractivity contribution in [2.24, 2.45) is 5.73 Å². The molecule has 0 aliphatic heterocycles. The van der Waals surface area contributed by atoms with Gasteiger partial charge in [0.2, 0.25) is 0 Å². The molecule has 0 radical (unpaired) electrons. The van der Waals surface area contributed by atoms with Crippen molar-refractivity contribution in [1.82, 2.24) is 0 Å². The molecule has 0 fully saturated rings. The number of alkyl halides is 1. The van der Waals surface area contributed by atoms with Gasteiger partial charge in [-0.15, -0.1) is 11.6 Å². The van der Waals surface area contributed by atoms with Crippen LogP contribution in [0.15, 0.2) is 24.3 Å². The van der Waals surface area contributed by atoms with E-state index in [4.69, 9.17) is 17.3 Å². The number of fused-ring (bicyclic) bond motifs is 1. The summed E-state index contributed by atoms with van der Waals surface area (Å²) in [6.07, 6.45) is 0.0807. The number of halogens is 1. The minimum Gasteiger partial charge on any atom is -0.390 e. The SMILES string of the molecule is N[C@@H]1Cc2ccccc2[C@@H](Cl)[C@@H]1O. The van der Waals surface area contributed by atoms with Crippen LogP contribution in [0.25, 0.3) is 0 Å². The zero-order valence-electron chi connectivity index (χ0n) is 7.15. The summed E-state index contributed by atoms with van der Waals surface area (Å²) in [6, 6.07) is 7.61. The normalized spacial score (nSPS) is 32.7. The number of benzene rings is 1. The molecular formula is C10H12ClNO. The van der Waals surface area contributed by atoms with E-state index in [-0.39, 0.29) is 11.4 Å². The Labute approximate surface area is 82.3 Å². The number of hydrogen-bond acceptors (Lipinski definition) is 2. The van der Waals surface area contributed by atoms with Gasteiger partial charge in [-0.1, -0.05) is 24.3 Å². The molecule has 0 spiro atoms. The second-order valence-corrected chi connectivity index (χ2v) is 3.93. The molecule has 2 nitrogen and oxygen atoms in total. The van der Waals surface area contributed by atoms with Gasteiger partial charge < -0.3 is 10.8 Å². The van der Waals surface area contributed by atoms with E-state index in [0.717, 1.165) is 11.1 Å². The summed E-state index contributed by atoms with van der Waals surface area (Å²) in [6.45, 7) is 0. The van der Waals surface area contributed by atoms with Crippen molar-refractivity contribution in [2.45, 2.75) is 23.9 Å². The first-order valence-electron chi connectivity index (χ1n) is 4.35. The van der Waals surface area contributed by atoms with Crippen LogP contribution in [0, 0.1) is 0 Å². The van der Waals surface area contributed by atoms with Gasteiger partial charge in [0.1, 0.15) is 0 Å². The van der Waals surface area contributed by atoms with Crippen molar-refractivity contribution in [3.05, 3.63) is 35.4 Å². The van der Waals surface area contributed by atoms with E-state index in [1.54, 1.807) is 0 Å². The molecule has 1 aromatic carbocycles. The Kier molecular flexibility index (Phi) is 2.28. The first-order chi connectivity index (χ1) is 6.20. The summed E-state index contributed by atoms with van der Waals surface area (Å²) in [5.74, 6) is 0. The van der Waals surface area contributed by atoms with Gasteiger partial charge >= 0.3 is 0 Å². The first kappa shape index (κ1) is 9.00. The monoisotopic (exact) mass is 197 g/mol. The molecule has 0 heterocycles. The largest absolute Gasteiger partial charge is 0.390 e. The molecule has 0 unspecified atom stereocenters. The third-order valence-electron chi connectivity index (χ3n) is 2.55. The minimum absolute atomic E-state index is 0.239. The number of aliphatic hydroxyl groups excluding tert-OH is 1. The summed E-state index contributed by atoms with van der Waals surface area (Å²) in [5, 5.41) is 9.27. The molecule has 70 valence electrons. The van der Waals surface area contributed by atoms with Gasteiger partial charge in [-0.05, 0) is 17.5 Å². The standard InChI is InChI=1S/C10H12ClNO/c11-9-7-4-2-1-3-6(7)5-8(12)10(9)13/h1-4,8-10,13H,5,12H2/t8-,9-,10-/m1/s1. The fraction of sp³-hybridized carbons (Fsp3) is 0.400. The highest BCUT2D eigenvalue weighted by Gasteiger charge is 2.31. The van der Waals surface area contributed by atoms with Crippen LogP contribution in [-0.2, 0) is 6.42 Å². The fourth-order valence-corrected chi connectivity index (χ4v) is 2.16. The second kappa shape index (κ2) is 3.29. The quantitative estimate of drug-likeness (QED) is 0.615. The van der Waals surface area contributed by atoms with E-state index in [1.165, 1.54) is 0 Å². The highest BCUT2D eigenvalue weighted by Crippen LogP contribution is 2.33. The lowest BCUT2D eigenvalue weighted by Crippen LogP contribution is -2.42. The van der Waals surface area contributed by atoms with Gasteiger partial charge in [-0.25, -0.2) is 0 Å². The van der Waals surface area contributed by atoms with Crippen LogP contribution in [-0.4, -0.2) is 17.3 Å². The van der Waals surface area contributed by atoms with E-state index < -0.39 is 6.10 Å². The van der Waals surface area contributed by atoms with Gasteiger partial charge in [0.15, 0.2) is 0 Å². The number of rotatable bonds is 0. The molecule has 0 bridgehead atoms. The van der Waals surface area contributed by atoms with E-state index in [1.807, 2.05) is 24.3 Å². The summed E-state index contributed by atoms with van der Waals surface area (Å²) < 4.78 is 0. The smallest absolute Gasteiger partial charge is 0.0898 e. The van der Waals surface area contributed by atoms with Gasteiger partial charge in [0.25, 0.3) is 0 Å². The highest BCUT2D eigenvalue weighted by molar-refractivity contribution is 6.21. The summed E-state index contributed by atoms with van der Waals surface area (Å²) >= 11 is 6.06. The third kappa shape index (κ3) is 1.46. The summed E-state index contributed by atoms with van der Waals surface area (Å²) in [5.41, 5.74) is 7.91. The fourth-order valence-electron chi connectivity index (χ4n) is 1.76. The van der Waals surface area contributed by atoms with E-state index in [2.05, 4.69) is 0 Å². The predicted octanol–water partition coefficient (Wildman–Crippen LogP) is 1.21. The Hall–Kier alpha value is -0.570. The van der Waals surface area contributed by atoms with Crippen molar-refractivity contribution < 1.29 is 5.11 Å². The summed E-state index contributed by atoms with van der Waals surface area (Å²) in [7, 11) is 0. The lowest BCUT2D eigenvalue weighted by atomic mass is 9.86. The van der Waals surface area contributed by atoms with Crippen LogP contribution >= 0.6 is 11.6 Å². The molecule has 3 N–H and O–H groups in total. The molecule has 0 saturated carbocycles. The van der Waals surface area contributed by atoms with E-state index in [0.29, 0.717) is 6.42 Å². The molecule has 1 aromatic rings. The molecule has 2 rings (SSSR count). The topological polar surface area (TPSA) is 46.2 Å². The molecule has 1 aliphatic rings. The van der Waals surface area contributed by atoms with Crippen LogP contribution in [0.1, 0.15) is 16.5 Å². The Bertz CT molecular complexity index is 316. The molecule has 3 heteroatoms. The van der Waals surface area contributed by atoms with Gasteiger partial charge in [-0.3, -0.25) is 0 Å². The van der Waals surface area contributed by atoms with Crippen LogP contribution in [0.4, 0.5) is 0 Å². The van der Waals surface area contributed by atoms with Crippen molar-refractivity contribution >= 4 is 11.6 Å². The predicted molar refractivity (Wildman–Crippen MR) is 52.7 cm³/mol. The molecule has 1 aliphatic carbocycles. The molecule has 0 amide bonds. The van der Waals surface area contributed by atoms with Crippen LogP contribution in [0.5, 0.6) is 0 Å². The first-order valence-corrected chi connectivity index (χ1v) is 4.79. The lowest BCUT2D eigenvalue weighted by Gasteiger charge is -2.30. The highest BCUT2D eigenvalue weighted by atomic mass is 35.5. The zero-order chi connectivity index (χ0) is 9.42. The molecule has 3 atom stereocenters. The minimum atomic E-state index is -0.628. The van der Waals surface area contributed by atoms with Crippen molar-refractivity contribution in [3.8, 4) is 0 Å². The number of nitrogens with two attached hydrogens (primary N) is 1. The van der Waals surface area contributed by atoms with Gasteiger partial charge in [-0.2, -0.15) is 0 Å². The van der Waals surface area contributed by atoms with Gasteiger partial charge in [0, 0.05) is 6.04 Å². The Morgan fingerprint density at radius 1 is 1.38 bits per heavy atom.